The SMILES string of the molecule is CC(CC(=O)O)C(=O)N(C)CCC1CCC1. The summed E-state index contributed by atoms with van der Waals surface area (Å²) >= 11 is 0. The number of nitrogens with zero attached hydrogens (tertiary/aromatic N) is 1. The molecular formula is C12H21NO3. The van der Waals surface area contributed by atoms with Crippen molar-refractivity contribution in [2.24, 2.45) is 11.8 Å². The van der Waals surface area contributed by atoms with E-state index in [9.17, 15) is 9.59 Å². The highest BCUT2D eigenvalue weighted by Crippen LogP contribution is 2.29. The molecule has 1 aliphatic rings. The molecule has 1 saturated carbocycles. The number of carbonyl (C=O) groups excluding carboxylic acids is 1. The summed E-state index contributed by atoms with van der Waals surface area (Å²) in [6.45, 7) is 2.43. The number of carboxylic acids is 1. The second kappa shape index (κ2) is 5.87. The molecule has 0 radical (unpaired) electrons. The average molecular weight is 227 g/mol. The molecule has 92 valence electrons. The monoisotopic (exact) mass is 227 g/mol. The second-order valence-corrected chi connectivity index (χ2v) is 4.84. The van der Waals surface area contributed by atoms with E-state index in [1.165, 1.54) is 19.3 Å². The minimum absolute atomic E-state index is 0.0540. The van der Waals surface area contributed by atoms with Crippen molar-refractivity contribution >= 4 is 11.9 Å². The first-order valence-corrected chi connectivity index (χ1v) is 5.97. The zero-order valence-electron chi connectivity index (χ0n) is 10.1. The van der Waals surface area contributed by atoms with Crippen LogP contribution in [0.2, 0.25) is 0 Å². The number of carboxylic acid groups (broad SMARTS) is 1. The molecule has 4 heteroatoms. The Bertz CT molecular complexity index is 261. The molecule has 1 amide bonds. The van der Waals surface area contributed by atoms with Gasteiger partial charge in [0, 0.05) is 19.5 Å². The molecule has 0 aromatic rings. The molecule has 1 rings (SSSR count). The lowest BCUT2D eigenvalue weighted by atomic mass is 9.83. The lowest BCUT2D eigenvalue weighted by molar-refractivity contribution is -0.143. The van der Waals surface area contributed by atoms with Crippen LogP contribution in [0.15, 0.2) is 0 Å². The molecule has 16 heavy (non-hydrogen) atoms. The summed E-state index contributed by atoms with van der Waals surface area (Å²) < 4.78 is 0. The van der Waals surface area contributed by atoms with E-state index in [0.717, 1.165) is 18.9 Å². The fourth-order valence-electron chi connectivity index (χ4n) is 1.99. The summed E-state index contributed by atoms with van der Waals surface area (Å²) in [5.74, 6) is -0.594. The maximum Gasteiger partial charge on any atom is 0.304 e. The smallest absolute Gasteiger partial charge is 0.304 e. The topological polar surface area (TPSA) is 57.6 Å². The van der Waals surface area contributed by atoms with E-state index in [-0.39, 0.29) is 12.3 Å². The van der Waals surface area contributed by atoms with Crippen molar-refractivity contribution in [3.63, 3.8) is 0 Å². The van der Waals surface area contributed by atoms with Gasteiger partial charge < -0.3 is 10.0 Å². The van der Waals surface area contributed by atoms with Gasteiger partial charge in [0.2, 0.25) is 5.91 Å². The Morgan fingerprint density at radius 1 is 1.44 bits per heavy atom. The number of rotatable bonds is 6. The standard InChI is InChI=1S/C12H21NO3/c1-9(8-11(14)15)12(16)13(2)7-6-10-4-3-5-10/h9-10H,3-8H2,1-2H3,(H,14,15). The molecule has 0 saturated heterocycles. The largest absolute Gasteiger partial charge is 0.481 e. The minimum atomic E-state index is -0.909. The van der Waals surface area contributed by atoms with Crippen LogP contribution < -0.4 is 0 Å². The molecule has 1 atom stereocenters. The van der Waals surface area contributed by atoms with Gasteiger partial charge in [0.25, 0.3) is 0 Å². The first-order chi connectivity index (χ1) is 7.50. The molecule has 1 unspecified atom stereocenters. The van der Waals surface area contributed by atoms with E-state index < -0.39 is 11.9 Å². The van der Waals surface area contributed by atoms with Gasteiger partial charge in [-0.3, -0.25) is 9.59 Å². The highest BCUT2D eigenvalue weighted by molar-refractivity contribution is 5.82. The van der Waals surface area contributed by atoms with Gasteiger partial charge >= 0.3 is 5.97 Å². The Kier molecular flexibility index (Phi) is 4.77. The van der Waals surface area contributed by atoms with Gasteiger partial charge in [-0.05, 0) is 12.3 Å². The number of hydrogen-bond donors (Lipinski definition) is 1. The summed E-state index contributed by atoms with van der Waals surface area (Å²) in [4.78, 5) is 23.9. The third-order valence-electron chi connectivity index (χ3n) is 3.38. The maximum absolute atomic E-state index is 11.8. The van der Waals surface area contributed by atoms with Crippen LogP contribution in [0.1, 0.15) is 39.0 Å². The minimum Gasteiger partial charge on any atom is -0.481 e. The number of hydrogen-bond acceptors (Lipinski definition) is 2. The van der Waals surface area contributed by atoms with Crippen LogP contribution in [0.4, 0.5) is 0 Å². The van der Waals surface area contributed by atoms with Crippen molar-refractivity contribution in [3.05, 3.63) is 0 Å². The average Bonchev–Trinajstić information content (AvgIpc) is 2.12. The van der Waals surface area contributed by atoms with Crippen molar-refractivity contribution in [1.82, 2.24) is 4.90 Å². The first kappa shape index (κ1) is 13.0. The molecule has 0 aromatic carbocycles. The van der Waals surface area contributed by atoms with Crippen molar-refractivity contribution < 1.29 is 14.7 Å². The van der Waals surface area contributed by atoms with Crippen molar-refractivity contribution in [2.45, 2.75) is 39.0 Å². The number of aliphatic carboxylic acids is 1. The highest BCUT2D eigenvalue weighted by atomic mass is 16.4. The zero-order valence-corrected chi connectivity index (χ0v) is 10.1. The molecule has 1 fully saturated rings. The molecule has 0 bridgehead atoms. The van der Waals surface area contributed by atoms with Crippen LogP contribution >= 0.6 is 0 Å². The Labute approximate surface area is 96.6 Å². The van der Waals surface area contributed by atoms with Gasteiger partial charge in [-0.1, -0.05) is 26.2 Å². The predicted octanol–water partition coefficient (Wildman–Crippen LogP) is 1.75. The summed E-state index contributed by atoms with van der Waals surface area (Å²) in [6, 6.07) is 0. The molecule has 0 spiro atoms. The molecular weight excluding hydrogens is 206 g/mol. The first-order valence-electron chi connectivity index (χ1n) is 5.97. The van der Waals surface area contributed by atoms with Crippen LogP contribution in [-0.4, -0.2) is 35.5 Å². The maximum atomic E-state index is 11.8. The van der Waals surface area contributed by atoms with E-state index in [1.54, 1.807) is 18.9 Å². The van der Waals surface area contributed by atoms with Crippen molar-refractivity contribution in [3.8, 4) is 0 Å². The van der Waals surface area contributed by atoms with Gasteiger partial charge in [0.1, 0.15) is 0 Å². The van der Waals surface area contributed by atoms with Gasteiger partial charge in [0.15, 0.2) is 0 Å². The molecule has 4 nitrogen and oxygen atoms in total. The Hall–Kier alpha value is -1.06. The third kappa shape index (κ3) is 3.83. The quantitative estimate of drug-likeness (QED) is 0.752. The Morgan fingerprint density at radius 2 is 2.06 bits per heavy atom. The summed E-state index contributed by atoms with van der Waals surface area (Å²) in [5.41, 5.74) is 0. The van der Waals surface area contributed by atoms with E-state index in [0.29, 0.717) is 0 Å². The Balaban J connectivity index is 2.25. The molecule has 1 aliphatic carbocycles. The predicted molar refractivity (Wildman–Crippen MR) is 61.0 cm³/mol. The van der Waals surface area contributed by atoms with Crippen LogP contribution in [0, 0.1) is 11.8 Å². The molecule has 0 aliphatic heterocycles. The fraction of sp³-hybridized carbons (Fsp3) is 0.833. The lowest BCUT2D eigenvalue weighted by Gasteiger charge is -2.28. The summed E-state index contributed by atoms with van der Waals surface area (Å²) in [5, 5.41) is 8.61. The number of amides is 1. The van der Waals surface area contributed by atoms with E-state index in [2.05, 4.69) is 0 Å². The summed E-state index contributed by atoms with van der Waals surface area (Å²) in [7, 11) is 1.76. The normalized spacial score (nSPS) is 17.6. The van der Waals surface area contributed by atoms with Crippen molar-refractivity contribution in [2.75, 3.05) is 13.6 Å². The van der Waals surface area contributed by atoms with E-state index in [1.807, 2.05) is 0 Å². The Morgan fingerprint density at radius 3 is 2.50 bits per heavy atom. The molecule has 0 heterocycles. The van der Waals surface area contributed by atoms with Gasteiger partial charge in [-0.15, -0.1) is 0 Å². The molecule has 1 N–H and O–H groups in total. The van der Waals surface area contributed by atoms with E-state index in [4.69, 9.17) is 5.11 Å². The lowest BCUT2D eigenvalue weighted by Crippen LogP contribution is -2.34. The van der Waals surface area contributed by atoms with Gasteiger partial charge in [-0.2, -0.15) is 0 Å². The van der Waals surface area contributed by atoms with E-state index >= 15 is 0 Å². The van der Waals surface area contributed by atoms with Gasteiger partial charge in [0.05, 0.1) is 6.42 Å². The van der Waals surface area contributed by atoms with Crippen LogP contribution in [0.3, 0.4) is 0 Å². The highest BCUT2D eigenvalue weighted by Gasteiger charge is 2.22. The fourth-order valence-corrected chi connectivity index (χ4v) is 1.99. The second-order valence-electron chi connectivity index (χ2n) is 4.84. The number of carbonyl (C=O) groups is 2. The van der Waals surface area contributed by atoms with Crippen LogP contribution in [-0.2, 0) is 9.59 Å². The third-order valence-corrected chi connectivity index (χ3v) is 3.38. The molecule has 0 aromatic heterocycles. The summed E-state index contributed by atoms with van der Waals surface area (Å²) in [6.07, 6.45) is 4.87. The van der Waals surface area contributed by atoms with Crippen molar-refractivity contribution in [1.29, 1.82) is 0 Å². The zero-order chi connectivity index (χ0) is 12.1. The van der Waals surface area contributed by atoms with Gasteiger partial charge in [-0.25, -0.2) is 0 Å². The van der Waals surface area contributed by atoms with Crippen LogP contribution in [0.25, 0.3) is 0 Å². The van der Waals surface area contributed by atoms with Crippen LogP contribution in [0.5, 0.6) is 0 Å².